The molecule has 5 rings (SSSR count). The van der Waals surface area contributed by atoms with Crippen molar-refractivity contribution in [1.29, 1.82) is 0 Å². The van der Waals surface area contributed by atoms with E-state index < -0.39 is 29.8 Å². The molecule has 1 atom stereocenters. The topological polar surface area (TPSA) is 119 Å². The van der Waals surface area contributed by atoms with Gasteiger partial charge in [0.05, 0.1) is 0 Å². The highest BCUT2D eigenvalue weighted by molar-refractivity contribution is 5.86. The Labute approximate surface area is 250 Å². The van der Waals surface area contributed by atoms with E-state index in [2.05, 4.69) is 22.8 Å². The SMILES string of the molecule is CC(C)(C)OC(=O)NCCCn1cc(C[C@H](NC(=O)OCC2c3ccccc3-c3ccccc32)C(=O)O)c2ccccc21. The molecule has 0 saturated heterocycles. The van der Waals surface area contributed by atoms with Crippen molar-refractivity contribution in [2.45, 2.75) is 57.7 Å². The van der Waals surface area contributed by atoms with Gasteiger partial charge in [-0.3, -0.25) is 0 Å². The van der Waals surface area contributed by atoms with Crippen LogP contribution in [0.15, 0.2) is 79.0 Å². The molecule has 9 heteroatoms. The maximum Gasteiger partial charge on any atom is 0.407 e. The summed E-state index contributed by atoms with van der Waals surface area (Å²) in [5.41, 5.74) is 5.58. The largest absolute Gasteiger partial charge is 0.480 e. The van der Waals surface area contributed by atoms with Gasteiger partial charge in [0.2, 0.25) is 0 Å². The van der Waals surface area contributed by atoms with Crippen molar-refractivity contribution in [2.24, 2.45) is 0 Å². The molecule has 3 N–H and O–H groups in total. The van der Waals surface area contributed by atoms with Gasteiger partial charge in [-0.25, -0.2) is 14.4 Å². The fourth-order valence-electron chi connectivity index (χ4n) is 5.63. The van der Waals surface area contributed by atoms with Crippen molar-refractivity contribution in [3.8, 4) is 11.1 Å². The van der Waals surface area contributed by atoms with Gasteiger partial charge in [0.25, 0.3) is 0 Å². The quantitative estimate of drug-likeness (QED) is 0.195. The van der Waals surface area contributed by atoms with Gasteiger partial charge in [0.1, 0.15) is 18.2 Å². The van der Waals surface area contributed by atoms with Crippen molar-refractivity contribution in [2.75, 3.05) is 13.2 Å². The molecule has 43 heavy (non-hydrogen) atoms. The molecule has 0 unspecified atom stereocenters. The zero-order chi connectivity index (χ0) is 30.6. The van der Waals surface area contributed by atoms with Crippen LogP contribution in [0.2, 0.25) is 0 Å². The molecule has 3 aromatic carbocycles. The van der Waals surface area contributed by atoms with Crippen molar-refractivity contribution < 1.29 is 29.0 Å². The van der Waals surface area contributed by atoms with Crippen LogP contribution in [0.4, 0.5) is 9.59 Å². The molecule has 4 aromatic rings. The molecule has 1 heterocycles. The summed E-state index contributed by atoms with van der Waals surface area (Å²) >= 11 is 0. The number of nitrogens with zero attached hydrogens (tertiary/aromatic N) is 1. The third-order valence-electron chi connectivity index (χ3n) is 7.47. The molecular formula is C34H37N3O6. The molecule has 0 saturated carbocycles. The molecule has 0 spiro atoms. The summed E-state index contributed by atoms with van der Waals surface area (Å²) in [5, 5.41) is 16.2. The van der Waals surface area contributed by atoms with E-state index in [0.717, 1.165) is 38.7 Å². The van der Waals surface area contributed by atoms with Crippen molar-refractivity contribution in [3.05, 3.63) is 95.7 Å². The Kier molecular flexibility index (Phi) is 8.71. The number of hydrogen-bond donors (Lipinski definition) is 3. The van der Waals surface area contributed by atoms with Crippen LogP contribution in [0.25, 0.3) is 22.0 Å². The first-order valence-corrected chi connectivity index (χ1v) is 14.5. The molecule has 0 fully saturated rings. The van der Waals surface area contributed by atoms with E-state index in [1.54, 1.807) is 0 Å². The smallest absolute Gasteiger partial charge is 0.407 e. The van der Waals surface area contributed by atoms with Gasteiger partial charge in [0, 0.05) is 42.5 Å². The Bertz CT molecular complexity index is 1590. The van der Waals surface area contributed by atoms with Gasteiger partial charge in [-0.05, 0) is 61.1 Å². The second kappa shape index (κ2) is 12.6. The molecule has 0 radical (unpaired) electrons. The third kappa shape index (κ3) is 6.99. The second-order valence-electron chi connectivity index (χ2n) is 11.7. The van der Waals surface area contributed by atoms with Gasteiger partial charge in [0.15, 0.2) is 0 Å². The predicted octanol–water partition coefficient (Wildman–Crippen LogP) is 6.09. The first-order chi connectivity index (χ1) is 20.6. The number of aryl methyl sites for hydroxylation is 1. The Morgan fingerprint density at radius 3 is 2.19 bits per heavy atom. The maximum atomic E-state index is 12.9. The van der Waals surface area contributed by atoms with Gasteiger partial charge < -0.3 is 29.8 Å². The Hall–Kier alpha value is -4.79. The van der Waals surface area contributed by atoms with E-state index in [0.29, 0.717) is 19.5 Å². The Morgan fingerprint density at radius 1 is 0.907 bits per heavy atom. The number of fused-ring (bicyclic) bond motifs is 4. The number of carbonyl (C=O) groups is 3. The van der Waals surface area contributed by atoms with Crippen LogP contribution in [0.3, 0.4) is 0 Å². The predicted molar refractivity (Wildman–Crippen MR) is 164 cm³/mol. The average Bonchev–Trinajstić information content (AvgIpc) is 3.48. The zero-order valence-corrected chi connectivity index (χ0v) is 24.6. The lowest BCUT2D eigenvalue weighted by atomic mass is 9.98. The highest BCUT2D eigenvalue weighted by Gasteiger charge is 2.30. The first kappa shape index (κ1) is 29.7. The molecule has 9 nitrogen and oxygen atoms in total. The molecular weight excluding hydrogens is 546 g/mol. The molecule has 0 aliphatic heterocycles. The standard InChI is InChI=1S/C34H37N3O6/c1-34(2,3)43-32(40)35-17-10-18-37-20-22(23-11-8-9-16-30(23)37)19-29(31(38)39)36-33(41)42-21-28-26-14-6-4-12-24(26)25-13-5-7-15-27(25)28/h4-9,11-16,20,28-29H,10,17-19,21H2,1-3H3,(H,35,40)(H,36,41)(H,38,39)/t29-/m0/s1. The molecule has 2 amide bonds. The summed E-state index contributed by atoms with van der Waals surface area (Å²) in [4.78, 5) is 37.0. The number of alkyl carbamates (subject to hydrolysis) is 2. The average molecular weight is 584 g/mol. The van der Waals surface area contributed by atoms with Crippen LogP contribution in [-0.4, -0.2) is 52.6 Å². The number of aromatic nitrogens is 1. The highest BCUT2D eigenvalue weighted by atomic mass is 16.6. The molecule has 1 aromatic heterocycles. The number of amides is 2. The molecule has 224 valence electrons. The van der Waals surface area contributed by atoms with Crippen LogP contribution in [0, 0.1) is 0 Å². The van der Waals surface area contributed by atoms with E-state index in [1.807, 2.05) is 92.2 Å². The number of hydrogen-bond acceptors (Lipinski definition) is 5. The minimum atomic E-state index is -1.18. The number of benzene rings is 3. The van der Waals surface area contributed by atoms with Crippen molar-refractivity contribution >= 4 is 29.1 Å². The lowest BCUT2D eigenvalue weighted by molar-refractivity contribution is -0.139. The van der Waals surface area contributed by atoms with Crippen LogP contribution in [0.1, 0.15) is 49.8 Å². The van der Waals surface area contributed by atoms with E-state index in [-0.39, 0.29) is 18.9 Å². The van der Waals surface area contributed by atoms with E-state index in [1.165, 1.54) is 0 Å². The highest BCUT2D eigenvalue weighted by Crippen LogP contribution is 2.44. The first-order valence-electron chi connectivity index (χ1n) is 14.5. The van der Waals surface area contributed by atoms with Crippen LogP contribution < -0.4 is 10.6 Å². The third-order valence-corrected chi connectivity index (χ3v) is 7.47. The normalized spacial score (nSPS) is 13.2. The van der Waals surface area contributed by atoms with Gasteiger partial charge in [-0.15, -0.1) is 0 Å². The van der Waals surface area contributed by atoms with Crippen molar-refractivity contribution in [3.63, 3.8) is 0 Å². The minimum absolute atomic E-state index is 0.0865. The fourth-order valence-corrected chi connectivity index (χ4v) is 5.63. The fraction of sp³-hybridized carbons (Fsp3) is 0.324. The Balaban J connectivity index is 1.22. The number of carboxylic acids is 1. The molecule has 1 aliphatic carbocycles. The number of nitrogens with one attached hydrogen (secondary N) is 2. The lowest BCUT2D eigenvalue weighted by Gasteiger charge is -2.19. The Morgan fingerprint density at radius 2 is 1.53 bits per heavy atom. The van der Waals surface area contributed by atoms with E-state index in [4.69, 9.17) is 9.47 Å². The van der Waals surface area contributed by atoms with Crippen LogP contribution in [-0.2, 0) is 27.2 Å². The summed E-state index contributed by atoms with van der Waals surface area (Å²) in [5.74, 6) is -1.27. The number of carbonyl (C=O) groups excluding carboxylic acids is 2. The summed E-state index contributed by atoms with van der Waals surface area (Å²) < 4.78 is 12.9. The zero-order valence-electron chi connectivity index (χ0n) is 24.6. The minimum Gasteiger partial charge on any atom is -0.480 e. The number of aliphatic carboxylic acids is 1. The number of rotatable bonds is 10. The number of carboxylic acid groups (broad SMARTS) is 1. The van der Waals surface area contributed by atoms with Crippen molar-refractivity contribution in [1.82, 2.24) is 15.2 Å². The molecule has 0 bridgehead atoms. The second-order valence-corrected chi connectivity index (χ2v) is 11.7. The number of para-hydroxylation sites is 1. The summed E-state index contributed by atoms with van der Waals surface area (Å²) in [7, 11) is 0. The summed E-state index contributed by atoms with van der Waals surface area (Å²) in [6.45, 7) is 6.57. The van der Waals surface area contributed by atoms with E-state index >= 15 is 0 Å². The van der Waals surface area contributed by atoms with E-state index in [9.17, 15) is 19.5 Å². The summed E-state index contributed by atoms with van der Waals surface area (Å²) in [6.07, 6.45) is 1.41. The molecule has 1 aliphatic rings. The lowest BCUT2D eigenvalue weighted by Crippen LogP contribution is -2.42. The monoisotopic (exact) mass is 583 g/mol. The van der Waals surface area contributed by atoms with Gasteiger partial charge in [-0.2, -0.15) is 0 Å². The van der Waals surface area contributed by atoms with Gasteiger partial charge >= 0.3 is 18.2 Å². The number of ether oxygens (including phenoxy) is 2. The van der Waals surface area contributed by atoms with Gasteiger partial charge in [-0.1, -0.05) is 66.7 Å². The maximum absolute atomic E-state index is 12.9. The van der Waals surface area contributed by atoms with Crippen LogP contribution >= 0.6 is 0 Å². The van der Waals surface area contributed by atoms with Crippen LogP contribution in [0.5, 0.6) is 0 Å². The summed E-state index contributed by atoms with van der Waals surface area (Å²) in [6, 6.07) is 22.6.